The van der Waals surface area contributed by atoms with E-state index in [4.69, 9.17) is 23.2 Å². The van der Waals surface area contributed by atoms with Gasteiger partial charge in [-0.3, -0.25) is 14.4 Å². The molecule has 0 radical (unpaired) electrons. The Kier molecular flexibility index (Phi) is 7.68. The number of fused-ring (bicyclic) bond motifs is 1. The lowest BCUT2D eigenvalue weighted by molar-refractivity contribution is -0.136. The summed E-state index contributed by atoms with van der Waals surface area (Å²) in [4.78, 5) is 42.6. The number of aliphatic carboxylic acids is 1. The molecule has 3 aromatic carbocycles. The second-order valence-corrected chi connectivity index (χ2v) is 10.3. The molecule has 1 aliphatic rings. The molecule has 0 bridgehead atoms. The number of halogens is 3. The minimum absolute atomic E-state index is 0.0672. The maximum atomic E-state index is 14.1. The molecule has 0 saturated carbocycles. The average Bonchev–Trinajstić information content (AvgIpc) is 2.91. The van der Waals surface area contributed by atoms with Crippen LogP contribution in [-0.2, 0) is 9.59 Å². The van der Waals surface area contributed by atoms with Crippen LogP contribution in [0.3, 0.4) is 0 Å². The first-order valence-electron chi connectivity index (χ1n) is 10.8. The number of carbonyl (C=O) groups is 3. The number of benzene rings is 3. The van der Waals surface area contributed by atoms with E-state index >= 15 is 0 Å². The fraction of sp³-hybridized carbons (Fsp3) is 0.192. The van der Waals surface area contributed by atoms with Crippen LogP contribution >= 0.6 is 45.8 Å². The van der Waals surface area contributed by atoms with E-state index in [0.717, 1.165) is 9.13 Å². The van der Waals surface area contributed by atoms with Gasteiger partial charge in [-0.1, -0.05) is 47.5 Å². The summed E-state index contributed by atoms with van der Waals surface area (Å²) >= 11 is 14.3. The van der Waals surface area contributed by atoms with Crippen LogP contribution in [0.2, 0.25) is 10.0 Å². The first-order valence-corrected chi connectivity index (χ1v) is 12.7. The fourth-order valence-corrected chi connectivity index (χ4v) is 4.99. The van der Waals surface area contributed by atoms with E-state index in [1.807, 2.05) is 19.1 Å². The molecule has 1 heterocycles. The van der Waals surface area contributed by atoms with E-state index in [2.05, 4.69) is 22.6 Å². The van der Waals surface area contributed by atoms with Crippen molar-refractivity contribution in [1.82, 2.24) is 4.90 Å². The maximum Gasteiger partial charge on any atom is 0.305 e. The van der Waals surface area contributed by atoms with Gasteiger partial charge in [0.15, 0.2) is 0 Å². The lowest BCUT2D eigenvalue weighted by Gasteiger charge is -2.36. The smallest absolute Gasteiger partial charge is 0.305 e. The number of nitrogens with zero attached hydrogens (tertiary/aromatic N) is 2. The van der Waals surface area contributed by atoms with Gasteiger partial charge < -0.3 is 14.9 Å². The Bertz CT molecular complexity index is 1280. The molecule has 0 saturated heterocycles. The third-order valence-corrected chi connectivity index (χ3v) is 7.17. The van der Waals surface area contributed by atoms with Gasteiger partial charge in [0.2, 0.25) is 0 Å². The van der Waals surface area contributed by atoms with Crippen molar-refractivity contribution in [1.29, 1.82) is 0 Å². The van der Waals surface area contributed by atoms with E-state index in [9.17, 15) is 19.5 Å². The Hall–Kier alpha value is -2.62. The molecule has 0 aliphatic carbocycles. The van der Waals surface area contributed by atoms with Crippen LogP contribution in [0.25, 0.3) is 0 Å². The number of carboxylic acid groups (broad SMARTS) is 1. The minimum atomic E-state index is -1.03. The molecule has 2 amide bonds. The topological polar surface area (TPSA) is 77.9 Å². The summed E-state index contributed by atoms with van der Waals surface area (Å²) in [5.41, 5.74) is 2.12. The summed E-state index contributed by atoms with van der Waals surface area (Å²) in [7, 11) is 0. The summed E-state index contributed by atoms with van der Waals surface area (Å²) in [6.45, 7) is 1.79. The van der Waals surface area contributed by atoms with Gasteiger partial charge in [-0.05, 0) is 83.1 Å². The van der Waals surface area contributed by atoms with Crippen molar-refractivity contribution in [2.75, 3.05) is 11.4 Å². The van der Waals surface area contributed by atoms with Crippen LogP contribution in [0.5, 0.6) is 0 Å². The zero-order valence-corrected chi connectivity index (χ0v) is 22.3. The monoisotopic (exact) mass is 622 g/mol. The van der Waals surface area contributed by atoms with Gasteiger partial charge in [-0.2, -0.15) is 0 Å². The molecule has 1 N–H and O–H groups in total. The molecule has 35 heavy (non-hydrogen) atoms. The molecule has 2 unspecified atom stereocenters. The van der Waals surface area contributed by atoms with Crippen LogP contribution in [0.15, 0.2) is 66.7 Å². The number of rotatable bonds is 6. The number of hydrogen-bond acceptors (Lipinski definition) is 3. The first-order chi connectivity index (χ1) is 16.7. The third-order valence-electron chi connectivity index (χ3n) is 6.00. The lowest BCUT2D eigenvalue weighted by Crippen LogP contribution is -2.44. The van der Waals surface area contributed by atoms with Crippen molar-refractivity contribution in [2.24, 2.45) is 0 Å². The number of carboxylic acids is 1. The molecule has 0 aromatic heterocycles. The number of hydrogen-bond donors (Lipinski definition) is 1. The van der Waals surface area contributed by atoms with Crippen molar-refractivity contribution in [3.8, 4) is 0 Å². The van der Waals surface area contributed by atoms with Crippen LogP contribution in [0.4, 0.5) is 5.69 Å². The highest BCUT2D eigenvalue weighted by molar-refractivity contribution is 14.1. The van der Waals surface area contributed by atoms with Gasteiger partial charge in [0.05, 0.1) is 23.7 Å². The van der Waals surface area contributed by atoms with Crippen molar-refractivity contribution in [2.45, 2.75) is 25.4 Å². The Morgan fingerprint density at radius 2 is 1.60 bits per heavy atom. The normalized spacial score (nSPS) is 16.6. The zero-order valence-electron chi connectivity index (χ0n) is 18.6. The predicted octanol–water partition coefficient (Wildman–Crippen LogP) is 6.36. The summed E-state index contributed by atoms with van der Waals surface area (Å²) in [5.74, 6) is -1.75. The Balaban J connectivity index is 1.93. The molecule has 4 rings (SSSR count). The van der Waals surface area contributed by atoms with E-state index < -0.39 is 18.1 Å². The molecular weight excluding hydrogens is 602 g/mol. The van der Waals surface area contributed by atoms with Crippen molar-refractivity contribution >= 4 is 69.3 Å². The summed E-state index contributed by atoms with van der Waals surface area (Å²) in [6.07, 6.45) is -0.258. The lowest BCUT2D eigenvalue weighted by atomic mass is 9.98. The van der Waals surface area contributed by atoms with Crippen molar-refractivity contribution in [3.05, 3.63) is 97.0 Å². The van der Waals surface area contributed by atoms with Gasteiger partial charge >= 0.3 is 5.97 Å². The van der Waals surface area contributed by atoms with E-state index in [1.54, 1.807) is 59.5 Å². The predicted molar refractivity (Wildman–Crippen MR) is 144 cm³/mol. The van der Waals surface area contributed by atoms with Gasteiger partial charge in [-0.15, -0.1) is 0 Å². The van der Waals surface area contributed by atoms with Gasteiger partial charge in [0.1, 0.15) is 6.04 Å². The van der Waals surface area contributed by atoms with Crippen LogP contribution in [-0.4, -0.2) is 34.3 Å². The largest absolute Gasteiger partial charge is 0.481 e. The highest BCUT2D eigenvalue weighted by Crippen LogP contribution is 2.40. The Morgan fingerprint density at radius 3 is 2.20 bits per heavy atom. The molecule has 3 aromatic rings. The second kappa shape index (κ2) is 10.6. The molecule has 2 atom stereocenters. The SMILES string of the molecule is CC(c1ccc(Cl)cc1)N1C(=O)c2cc(I)ccc2N(CCC(=O)O)C(=O)C1c1ccc(Cl)cc1. The standard InChI is InChI=1S/C26H21Cl2IN2O4/c1-15(16-2-6-18(27)7-3-16)31-24(17-4-8-19(28)9-5-17)26(35)30(13-12-23(32)33)22-11-10-20(29)14-21(22)25(31)34/h2-11,14-15,24H,12-13H2,1H3,(H,32,33). The zero-order chi connectivity index (χ0) is 25.3. The molecule has 180 valence electrons. The van der Waals surface area contributed by atoms with Gasteiger partial charge in [0.25, 0.3) is 11.8 Å². The highest BCUT2D eigenvalue weighted by atomic mass is 127. The van der Waals surface area contributed by atoms with Crippen LogP contribution in [0.1, 0.15) is 46.9 Å². The van der Waals surface area contributed by atoms with Crippen LogP contribution in [0, 0.1) is 3.57 Å². The second-order valence-electron chi connectivity index (χ2n) is 8.19. The van der Waals surface area contributed by atoms with E-state index in [-0.39, 0.29) is 24.8 Å². The van der Waals surface area contributed by atoms with Crippen molar-refractivity contribution < 1.29 is 19.5 Å². The van der Waals surface area contributed by atoms with Gasteiger partial charge in [-0.25, -0.2) is 0 Å². The third kappa shape index (κ3) is 5.32. The summed E-state index contributed by atoms with van der Waals surface area (Å²) < 4.78 is 0.823. The van der Waals surface area contributed by atoms with Crippen LogP contribution < -0.4 is 4.90 Å². The average molecular weight is 623 g/mol. The number of amides is 2. The Labute approximate surface area is 226 Å². The Morgan fingerprint density at radius 1 is 1.00 bits per heavy atom. The van der Waals surface area contributed by atoms with E-state index in [1.165, 1.54) is 4.90 Å². The molecular formula is C26H21Cl2IN2O4. The molecule has 1 aliphatic heterocycles. The first kappa shape index (κ1) is 25.5. The maximum absolute atomic E-state index is 14.1. The summed E-state index contributed by atoms with van der Waals surface area (Å²) in [6, 6.07) is 17.6. The van der Waals surface area contributed by atoms with Crippen molar-refractivity contribution in [3.63, 3.8) is 0 Å². The highest BCUT2D eigenvalue weighted by Gasteiger charge is 2.43. The minimum Gasteiger partial charge on any atom is -0.481 e. The summed E-state index contributed by atoms with van der Waals surface area (Å²) in [5, 5.41) is 10.4. The number of anilines is 1. The molecule has 0 spiro atoms. The number of carbonyl (C=O) groups excluding carboxylic acids is 2. The van der Waals surface area contributed by atoms with Gasteiger partial charge in [0, 0.05) is 20.2 Å². The molecule has 6 nitrogen and oxygen atoms in total. The molecule has 0 fully saturated rings. The fourth-order valence-electron chi connectivity index (χ4n) is 4.24. The molecule has 9 heteroatoms. The van der Waals surface area contributed by atoms with E-state index in [0.29, 0.717) is 26.9 Å². The quantitative estimate of drug-likeness (QED) is 0.324.